The van der Waals surface area contributed by atoms with Gasteiger partial charge in [-0.25, -0.2) is 0 Å². The Labute approximate surface area is 145 Å². The molecule has 0 aromatic carbocycles. The van der Waals surface area contributed by atoms with E-state index in [-0.39, 0.29) is 24.8 Å². The maximum Gasteiger partial charge on any atom is 0.0765 e. The Morgan fingerprint density at radius 2 is 1.82 bits per heavy atom. The van der Waals surface area contributed by atoms with Crippen LogP contribution in [0.1, 0.15) is 49.9 Å². The molecule has 0 spiro atoms. The van der Waals surface area contributed by atoms with E-state index < -0.39 is 0 Å². The van der Waals surface area contributed by atoms with Crippen LogP contribution in [0.15, 0.2) is 6.07 Å². The standard InChI is InChI=1S/C16H26N4.2ClH/c1-3-12-5-2-6-13(4-1)16(12)18-10-14-9-15-11-17-7-8-20(15)19-14;;/h9,12-13,16-18H,1-8,10-11H2;2*1H. The van der Waals surface area contributed by atoms with E-state index in [1.165, 1.54) is 49.9 Å². The quantitative estimate of drug-likeness (QED) is 0.884. The molecule has 6 heteroatoms. The van der Waals surface area contributed by atoms with Gasteiger partial charge in [0.1, 0.15) is 0 Å². The minimum absolute atomic E-state index is 0. The highest BCUT2D eigenvalue weighted by Gasteiger charge is 2.35. The lowest BCUT2D eigenvalue weighted by Gasteiger charge is -2.43. The summed E-state index contributed by atoms with van der Waals surface area (Å²) >= 11 is 0. The maximum atomic E-state index is 4.74. The molecule has 0 radical (unpaired) electrons. The van der Waals surface area contributed by atoms with Crippen molar-refractivity contribution in [2.45, 2.75) is 64.2 Å². The fourth-order valence-corrected chi connectivity index (χ4v) is 4.57. The molecule has 2 fully saturated rings. The first-order valence-electron chi connectivity index (χ1n) is 8.40. The lowest BCUT2D eigenvalue weighted by Crippen LogP contribution is -2.46. The molecule has 0 atom stereocenters. The topological polar surface area (TPSA) is 41.9 Å². The zero-order valence-electron chi connectivity index (χ0n) is 13.1. The van der Waals surface area contributed by atoms with E-state index in [9.17, 15) is 0 Å². The van der Waals surface area contributed by atoms with Crippen molar-refractivity contribution in [2.75, 3.05) is 6.54 Å². The molecular formula is C16H28Cl2N4. The Kier molecular flexibility index (Phi) is 6.57. The molecule has 2 aliphatic carbocycles. The van der Waals surface area contributed by atoms with Crippen LogP contribution in [0.3, 0.4) is 0 Å². The van der Waals surface area contributed by atoms with E-state index in [2.05, 4.69) is 21.4 Å². The van der Waals surface area contributed by atoms with E-state index in [1.807, 2.05) is 0 Å². The molecule has 0 unspecified atom stereocenters. The first kappa shape index (κ1) is 18.1. The predicted octanol–water partition coefficient (Wildman–Crippen LogP) is 2.89. The molecule has 0 amide bonds. The van der Waals surface area contributed by atoms with Gasteiger partial charge in [0.25, 0.3) is 0 Å². The van der Waals surface area contributed by atoms with Gasteiger partial charge in [-0.05, 0) is 43.6 Å². The number of hydrogen-bond donors (Lipinski definition) is 2. The van der Waals surface area contributed by atoms with E-state index in [1.54, 1.807) is 0 Å². The number of aromatic nitrogens is 2. The third kappa shape index (κ3) is 3.61. The van der Waals surface area contributed by atoms with Crippen molar-refractivity contribution < 1.29 is 0 Å². The van der Waals surface area contributed by atoms with Crippen molar-refractivity contribution in [2.24, 2.45) is 11.8 Å². The van der Waals surface area contributed by atoms with Gasteiger partial charge in [-0.15, -0.1) is 24.8 Å². The van der Waals surface area contributed by atoms with Gasteiger partial charge in [0.2, 0.25) is 0 Å². The largest absolute Gasteiger partial charge is 0.309 e. The van der Waals surface area contributed by atoms with Crippen molar-refractivity contribution in [1.82, 2.24) is 20.4 Å². The summed E-state index contributed by atoms with van der Waals surface area (Å²) < 4.78 is 2.18. The molecule has 2 bridgehead atoms. The first-order valence-corrected chi connectivity index (χ1v) is 8.40. The van der Waals surface area contributed by atoms with Crippen molar-refractivity contribution >= 4 is 24.8 Å². The number of halogens is 2. The van der Waals surface area contributed by atoms with E-state index in [0.717, 1.165) is 44.1 Å². The van der Waals surface area contributed by atoms with Crippen LogP contribution in [0.2, 0.25) is 0 Å². The zero-order valence-corrected chi connectivity index (χ0v) is 14.7. The van der Waals surface area contributed by atoms with Gasteiger partial charge in [-0.3, -0.25) is 4.68 Å². The average Bonchev–Trinajstić information content (AvgIpc) is 2.87. The van der Waals surface area contributed by atoms with Gasteiger partial charge in [-0.1, -0.05) is 12.8 Å². The van der Waals surface area contributed by atoms with Crippen LogP contribution in [-0.2, 0) is 19.6 Å². The summed E-state index contributed by atoms with van der Waals surface area (Å²) in [5, 5.41) is 12.0. The highest BCUT2D eigenvalue weighted by molar-refractivity contribution is 5.85. The SMILES string of the molecule is Cl.Cl.c1c(CNC2C3CCCC2CCC3)nn2c1CNCC2. The minimum atomic E-state index is 0. The van der Waals surface area contributed by atoms with Crippen molar-refractivity contribution in [3.8, 4) is 0 Å². The van der Waals surface area contributed by atoms with Gasteiger partial charge >= 0.3 is 0 Å². The summed E-state index contributed by atoms with van der Waals surface area (Å²) in [5.74, 6) is 1.86. The van der Waals surface area contributed by atoms with Gasteiger partial charge in [0.15, 0.2) is 0 Å². The summed E-state index contributed by atoms with van der Waals surface area (Å²) in [4.78, 5) is 0. The second kappa shape index (κ2) is 8.00. The number of nitrogens with one attached hydrogen (secondary N) is 2. The van der Waals surface area contributed by atoms with Crippen molar-refractivity contribution in [1.29, 1.82) is 0 Å². The van der Waals surface area contributed by atoms with Crippen LogP contribution in [0.5, 0.6) is 0 Å². The van der Waals surface area contributed by atoms with Crippen LogP contribution in [0.4, 0.5) is 0 Å². The van der Waals surface area contributed by atoms with Crippen molar-refractivity contribution in [3.63, 3.8) is 0 Å². The Morgan fingerprint density at radius 3 is 2.45 bits per heavy atom. The molecule has 1 aromatic heterocycles. The van der Waals surface area contributed by atoms with Gasteiger partial charge in [0, 0.05) is 25.7 Å². The molecule has 1 aliphatic heterocycles. The summed E-state index contributed by atoms with van der Waals surface area (Å²) in [6.07, 6.45) is 8.68. The average molecular weight is 347 g/mol. The molecule has 2 heterocycles. The normalized spacial score (nSPS) is 29.9. The van der Waals surface area contributed by atoms with E-state index in [4.69, 9.17) is 5.10 Å². The van der Waals surface area contributed by atoms with E-state index in [0.29, 0.717) is 0 Å². The molecule has 0 saturated heterocycles. The molecule has 4 rings (SSSR count). The molecule has 126 valence electrons. The molecule has 2 saturated carbocycles. The fourth-order valence-electron chi connectivity index (χ4n) is 4.57. The number of hydrogen-bond acceptors (Lipinski definition) is 3. The predicted molar refractivity (Wildman–Crippen MR) is 93.7 cm³/mol. The molecule has 1 aromatic rings. The second-order valence-electron chi connectivity index (χ2n) is 6.82. The Morgan fingerprint density at radius 1 is 1.14 bits per heavy atom. The summed E-state index contributed by atoms with van der Waals surface area (Å²) in [6, 6.07) is 3.03. The molecule has 2 N–H and O–H groups in total. The van der Waals surface area contributed by atoms with Crippen LogP contribution < -0.4 is 10.6 Å². The van der Waals surface area contributed by atoms with E-state index >= 15 is 0 Å². The van der Waals surface area contributed by atoms with Crippen LogP contribution >= 0.6 is 24.8 Å². The van der Waals surface area contributed by atoms with Gasteiger partial charge < -0.3 is 10.6 Å². The lowest BCUT2D eigenvalue weighted by molar-refractivity contribution is 0.122. The first-order chi connectivity index (χ1) is 9.90. The highest BCUT2D eigenvalue weighted by Crippen LogP contribution is 2.40. The van der Waals surface area contributed by atoms with Crippen LogP contribution in [-0.4, -0.2) is 22.4 Å². The monoisotopic (exact) mass is 346 g/mol. The summed E-state index contributed by atoms with van der Waals surface area (Å²) in [7, 11) is 0. The smallest absolute Gasteiger partial charge is 0.0765 e. The summed E-state index contributed by atoms with van der Waals surface area (Å²) in [5.41, 5.74) is 2.57. The van der Waals surface area contributed by atoms with Gasteiger partial charge in [0.05, 0.1) is 17.9 Å². The lowest BCUT2D eigenvalue weighted by atomic mass is 9.68. The zero-order chi connectivity index (χ0) is 13.4. The number of nitrogens with zero attached hydrogens (tertiary/aromatic N) is 2. The highest BCUT2D eigenvalue weighted by atomic mass is 35.5. The van der Waals surface area contributed by atoms with Crippen molar-refractivity contribution in [3.05, 3.63) is 17.5 Å². The third-order valence-electron chi connectivity index (χ3n) is 5.55. The molecular weight excluding hydrogens is 319 g/mol. The number of rotatable bonds is 3. The second-order valence-corrected chi connectivity index (χ2v) is 6.82. The van der Waals surface area contributed by atoms with Crippen LogP contribution in [0.25, 0.3) is 0 Å². The molecule has 4 nitrogen and oxygen atoms in total. The maximum absolute atomic E-state index is 4.74. The Hall–Kier alpha value is -0.290. The van der Waals surface area contributed by atoms with Gasteiger partial charge in [-0.2, -0.15) is 5.10 Å². The Balaban J connectivity index is 0.000000882. The number of fused-ring (bicyclic) bond motifs is 3. The molecule has 22 heavy (non-hydrogen) atoms. The summed E-state index contributed by atoms with van der Waals surface area (Å²) in [6.45, 7) is 4.00. The third-order valence-corrected chi connectivity index (χ3v) is 5.55. The Bertz CT molecular complexity index is 431. The van der Waals surface area contributed by atoms with Crippen LogP contribution in [0, 0.1) is 11.8 Å². The minimum Gasteiger partial charge on any atom is -0.309 e. The fraction of sp³-hybridized carbons (Fsp3) is 0.812. The molecule has 3 aliphatic rings.